The molecule has 0 bridgehead atoms. The van der Waals surface area contributed by atoms with Gasteiger partial charge in [-0.05, 0) is 92.2 Å². The van der Waals surface area contributed by atoms with E-state index in [2.05, 4.69) is 58.8 Å². The number of aromatic nitrogens is 2. The van der Waals surface area contributed by atoms with E-state index in [1.807, 2.05) is 76.3 Å². The van der Waals surface area contributed by atoms with Crippen LogP contribution in [0, 0.1) is 0 Å². The Hall–Kier alpha value is -6.56. The Morgan fingerprint density at radius 2 is 1.51 bits per heavy atom. The number of ether oxygens (including phenoxy) is 2. The number of likely N-dealkylation sites (N-methyl/N-ethyl adjacent to an activating group) is 1. The number of nitrogens with zero attached hydrogens (tertiary/aromatic N) is 6. The molecule has 0 spiro atoms. The zero-order valence-electron chi connectivity index (χ0n) is 33.3. The van der Waals surface area contributed by atoms with Crippen molar-refractivity contribution >= 4 is 45.0 Å². The molecule has 1 fully saturated rings. The first-order chi connectivity index (χ1) is 28.8. The van der Waals surface area contributed by atoms with Gasteiger partial charge in [0.1, 0.15) is 5.75 Å². The van der Waals surface area contributed by atoms with Crippen molar-refractivity contribution in [1.82, 2.24) is 23.8 Å². The highest BCUT2D eigenvalue weighted by Crippen LogP contribution is 2.41. The first kappa shape index (κ1) is 36.8. The highest BCUT2D eigenvalue weighted by molar-refractivity contribution is 6.18. The van der Waals surface area contributed by atoms with Gasteiger partial charge in [0.15, 0.2) is 11.5 Å². The number of amides is 2. The van der Waals surface area contributed by atoms with Gasteiger partial charge in [0.2, 0.25) is 6.79 Å². The predicted octanol–water partition coefficient (Wildman–Crippen LogP) is 7.83. The Kier molecular flexibility index (Phi) is 9.34. The first-order valence-corrected chi connectivity index (χ1v) is 20.4. The van der Waals surface area contributed by atoms with Crippen LogP contribution < -0.4 is 14.4 Å². The summed E-state index contributed by atoms with van der Waals surface area (Å²) in [7, 11) is 2.16. The van der Waals surface area contributed by atoms with Gasteiger partial charge >= 0.3 is 0 Å². The number of para-hydroxylation sites is 1. The van der Waals surface area contributed by atoms with E-state index >= 15 is 9.59 Å². The average molecular weight is 787 g/mol. The number of anilines is 2. The number of carbonyl (C=O) groups is 2. The molecule has 59 heavy (non-hydrogen) atoms. The molecule has 11 nitrogen and oxygen atoms in total. The van der Waals surface area contributed by atoms with Crippen molar-refractivity contribution in [3.8, 4) is 22.9 Å². The molecule has 1 N–H and O–H groups in total. The molecule has 1 saturated heterocycles. The van der Waals surface area contributed by atoms with Gasteiger partial charge < -0.3 is 33.5 Å². The van der Waals surface area contributed by atoms with Gasteiger partial charge in [0, 0.05) is 98.0 Å². The number of benzene rings is 5. The summed E-state index contributed by atoms with van der Waals surface area (Å²) >= 11 is 0. The molecule has 2 aromatic heterocycles. The van der Waals surface area contributed by atoms with Gasteiger partial charge in [-0.25, -0.2) is 0 Å². The lowest BCUT2D eigenvalue weighted by molar-refractivity contribution is 0.0535. The number of aromatic hydroxyl groups is 1. The molecular weight excluding hydrogens is 741 g/mol. The summed E-state index contributed by atoms with van der Waals surface area (Å²) in [5.41, 5.74) is 7.09. The zero-order chi connectivity index (χ0) is 40.2. The van der Waals surface area contributed by atoms with E-state index < -0.39 is 0 Å². The van der Waals surface area contributed by atoms with Crippen LogP contribution in [0.2, 0.25) is 0 Å². The second-order valence-electron chi connectivity index (χ2n) is 15.8. The fourth-order valence-electron chi connectivity index (χ4n) is 9.03. The molecule has 0 saturated carbocycles. The molecule has 0 aliphatic carbocycles. The van der Waals surface area contributed by atoms with Crippen LogP contribution in [-0.4, -0.2) is 93.4 Å². The fourth-order valence-corrected chi connectivity index (χ4v) is 9.03. The molecule has 7 aromatic rings. The van der Waals surface area contributed by atoms with E-state index in [1.165, 1.54) is 5.56 Å². The van der Waals surface area contributed by atoms with Gasteiger partial charge in [-0.3, -0.25) is 19.4 Å². The molecule has 11 heteroatoms. The number of aryl methyl sites for hydroxylation is 1. The number of fused-ring (bicyclic) bond motifs is 4. The van der Waals surface area contributed by atoms with E-state index in [0.29, 0.717) is 46.2 Å². The van der Waals surface area contributed by atoms with Gasteiger partial charge in [0.25, 0.3) is 11.8 Å². The minimum atomic E-state index is -0.256. The molecule has 298 valence electrons. The third-order valence-corrected chi connectivity index (χ3v) is 12.3. The smallest absolute Gasteiger partial charge is 0.265 e. The third-order valence-electron chi connectivity index (χ3n) is 12.3. The van der Waals surface area contributed by atoms with Crippen LogP contribution in [0.25, 0.3) is 27.5 Å². The van der Waals surface area contributed by atoms with Gasteiger partial charge in [-0.1, -0.05) is 42.5 Å². The minimum absolute atomic E-state index is 0.0388. The average Bonchev–Trinajstić information content (AvgIpc) is 4.01. The highest BCUT2D eigenvalue weighted by Gasteiger charge is 2.35. The van der Waals surface area contributed by atoms with Crippen LogP contribution in [0.1, 0.15) is 38.8 Å². The Labute approximate surface area is 342 Å². The van der Waals surface area contributed by atoms with Crippen LogP contribution in [0.15, 0.2) is 122 Å². The van der Waals surface area contributed by atoms with E-state index in [-0.39, 0.29) is 30.4 Å². The Bertz CT molecular complexity index is 2730. The summed E-state index contributed by atoms with van der Waals surface area (Å²) in [6, 6.07) is 34.6. The van der Waals surface area contributed by atoms with E-state index in [9.17, 15) is 5.11 Å². The van der Waals surface area contributed by atoms with Crippen molar-refractivity contribution in [2.75, 3.05) is 51.5 Å². The maximum atomic E-state index is 15.3. The monoisotopic (exact) mass is 786 g/mol. The minimum Gasteiger partial charge on any atom is -0.508 e. The number of rotatable bonds is 8. The molecule has 0 radical (unpaired) electrons. The number of phenolic OH excluding ortho intramolecular Hbond substituents is 1. The third kappa shape index (κ3) is 6.66. The molecule has 1 atom stereocenters. The standard InChI is InChI=1S/C48H46N6O5/c1-3-51-19-18-33-25-36(14-17-42(33)51)54(35-12-15-38(55)16-13-35)48(57)41-30-53(43-11-7-6-10-39(41)43)44-27-46-45(58-31-59-46)26-40(44)47(56)52-28-34-9-5-4-8-32(34)24-37(52)29-50-22-20-49(2)21-23-50/h4-19,25-27,30,37,55H,3,20-24,28-29,31H2,1-2H3/t37-/m0/s1. The molecule has 10 rings (SSSR count). The second kappa shape index (κ2) is 15.0. The van der Waals surface area contributed by atoms with Crippen molar-refractivity contribution in [1.29, 1.82) is 0 Å². The van der Waals surface area contributed by atoms with Gasteiger partial charge in [-0.15, -0.1) is 0 Å². The van der Waals surface area contributed by atoms with Crippen LogP contribution in [0.4, 0.5) is 11.4 Å². The van der Waals surface area contributed by atoms with Crippen LogP contribution >= 0.6 is 0 Å². The lowest BCUT2D eigenvalue weighted by Gasteiger charge is -2.41. The topological polar surface area (TPSA) is 95.7 Å². The van der Waals surface area contributed by atoms with Gasteiger partial charge in [0.05, 0.1) is 22.3 Å². The molecule has 5 aromatic carbocycles. The van der Waals surface area contributed by atoms with Crippen LogP contribution in [-0.2, 0) is 19.5 Å². The first-order valence-electron chi connectivity index (χ1n) is 20.4. The number of hydrogen-bond acceptors (Lipinski definition) is 7. The van der Waals surface area contributed by atoms with Crippen molar-refractivity contribution < 1.29 is 24.2 Å². The summed E-state index contributed by atoms with van der Waals surface area (Å²) in [5.74, 6) is 0.808. The fraction of sp³-hybridized carbons (Fsp3) is 0.250. The van der Waals surface area contributed by atoms with Crippen LogP contribution in [0.3, 0.4) is 0 Å². The number of piperazine rings is 1. The molecule has 2 amide bonds. The maximum Gasteiger partial charge on any atom is 0.265 e. The molecule has 0 unspecified atom stereocenters. The quantitative estimate of drug-likeness (QED) is 0.168. The van der Waals surface area contributed by atoms with Crippen molar-refractivity contribution in [2.24, 2.45) is 0 Å². The Balaban J connectivity index is 1.09. The maximum absolute atomic E-state index is 15.3. The van der Waals surface area contributed by atoms with E-state index in [0.717, 1.165) is 73.1 Å². The van der Waals surface area contributed by atoms with Crippen molar-refractivity contribution in [2.45, 2.75) is 32.5 Å². The Morgan fingerprint density at radius 3 is 2.31 bits per heavy atom. The summed E-state index contributed by atoms with van der Waals surface area (Å²) in [4.78, 5) is 39.1. The zero-order valence-corrected chi connectivity index (χ0v) is 33.3. The van der Waals surface area contributed by atoms with Crippen LogP contribution in [0.5, 0.6) is 17.2 Å². The van der Waals surface area contributed by atoms with E-state index in [1.54, 1.807) is 29.2 Å². The summed E-state index contributed by atoms with van der Waals surface area (Å²) < 4.78 is 15.9. The summed E-state index contributed by atoms with van der Waals surface area (Å²) in [6.45, 7) is 8.16. The second-order valence-corrected chi connectivity index (χ2v) is 15.8. The summed E-state index contributed by atoms with van der Waals surface area (Å²) in [5, 5.41) is 12.0. The molecule has 3 aliphatic rings. The molecular formula is C48H46N6O5. The molecule has 3 aliphatic heterocycles. The summed E-state index contributed by atoms with van der Waals surface area (Å²) in [6.07, 6.45) is 4.66. The number of phenols is 1. The largest absolute Gasteiger partial charge is 0.508 e. The SMILES string of the molecule is CCn1ccc2cc(N(C(=O)c3cn(-c4cc5c(cc4C(=O)N4Cc6ccccc6C[C@H]4CN4CCN(C)CC4)OCO5)c4ccccc34)c3ccc(O)cc3)ccc21. The Morgan fingerprint density at radius 1 is 0.780 bits per heavy atom. The van der Waals surface area contributed by atoms with Crippen molar-refractivity contribution in [3.05, 3.63) is 144 Å². The normalized spacial score (nSPS) is 16.8. The molecule has 5 heterocycles. The van der Waals surface area contributed by atoms with E-state index in [4.69, 9.17) is 9.47 Å². The van der Waals surface area contributed by atoms with Crippen molar-refractivity contribution in [3.63, 3.8) is 0 Å². The highest BCUT2D eigenvalue weighted by atomic mass is 16.7. The lowest BCUT2D eigenvalue weighted by atomic mass is 9.92. The van der Waals surface area contributed by atoms with Gasteiger partial charge in [-0.2, -0.15) is 0 Å². The predicted molar refractivity (Wildman–Crippen MR) is 229 cm³/mol. The lowest BCUT2D eigenvalue weighted by Crippen LogP contribution is -2.53. The number of hydrogen-bond donors (Lipinski definition) is 1. The number of carbonyl (C=O) groups excluding carboxylic acids is 2.